The monoisotopic (exact) mass is 280 g/mol. The first-order valence-corrected chi connectivity index (χ1v) is 5.31. The van der Waals surface area contributed by atoms with E-state index in [2.05, 4.69) is 9.40 Å². The standard InChI is InChI=1S/C10H11F3N2O4/c1-2-3-5(9(17)18)15-8(16)6-7(10(11,12)13)19-4-14-6/h4-5H,2-3H2,1H3,(H,15,16)(H,17,18). The molecule has 0 bridgehead atoms. The molecule has 2 N–H and O–H groups in total. The molecular formula is C10H11F3N2O4. The minimum Gasteiger partial charge on any atom is -0.480 e. The fourth-order valence-corrected chi connectivity index (χ4v) is 1.38. The fourth-order valence-electron chi connectivity index (χ4n) is 1.38. The summed E-state index contributed by atoms with van der Waals surface area (Å²) >= 11 is 0. The second-order valence-electron chi connectivity index (χ2n) is 3.68. The summed E-state index contributed by atoms with van der Waals surface area (Å²) in [5.41, 5.74) is -0.977. The predicted molar refractivity (Wildman–Crippen MR) is 55.3 cm³/mol. The number of carbonyl (C=O) groups is 2. The molecule has 6 nitrogen and oxygen atoms in total. The SMILES string of the molecule is CCCC(NC(=O)c1ncoc1C(F)(F)F)C(=O)O. The zero-order valence-electron chi connectivity index (χ0n) is 9.82. The van der Waals surface area contributed by atoms with E-state index in [0.29, 0.717) is 12.8 Å². The fraction of sp³-hybridized carbons (Fsp3) is 0.500. The van der Waals surface area contributed by atoms with Gasteiger partial charge in [-0.25, -0.2) is 9.78 Å². The van der Waals surface area contributed by atoms with Gasteiger partial charge in [0.1, 0.15) is 6.04 Å². The molecule has 1 atom stereocenters. The van der Waals surface area contributed by atoms with E-state index in [1.807, 2.05) is 5.32 Å². The molecule has 0 saturated carbocycles. The Labute approximate surface area is 105 Å². The number of rotatable bonds is 5. The Kier molecular flexibility index (Phi) is 4.52. The number of alkyl halides is 3. The van der Waals surface area contributed by atoms with Crippen LogP contribution in [0.15, 0.2) is 10.8 Å². The molecule has 1 rings (SSSR count). The van der Waals surface area contributed by atoms with Gasteiger partial charge in [-0.2, -0.15) is 13.2 Å². The first-order chi connectivity index (χ1) is 8.77. The third kappa shape index (κ3) is 3.70. The van der Waals surface area contributed by atoms with Crippen molar-refractivity contribution in [3.8, 4) is 0 Å². The van der Waals surface area contributed by atoms with Gasteiger partial charge in [-0.1, -0.05) is 13.3 Å². The number of halogens is 3. The minimum atomic E-state index is -4.87. The molecule has 0 saturated heterocycles. The van der Waals surface area contributed by atoms with Crippen molar-refractivity contribution in [3.05, 3.63) is 17.8 Å². The summed E-state index contributed by atoms with van der Waals surface area (Å²) in [5, 5.41) is 10.8. The van der Waals surface area contributed by atoms with Crippen LogP contribution in [-0.4, -0.2) is 28.0 Å². The normalized spacial score (nSPS) is 13.1. The molecule has 1 amide bonds. The van der Waals surface area contributed by atoms with Crippen LogP contribution in [0.4, 0.5) is 13.2 Å². The van der Waals surface area contributed by atoms with Crippen molar-refractivity contribution in [2.24, 2.45) is 0 Å². The lowest BCUT2D eigenvalue weighted by atomic mass is 10.1. The first kappa shape index (κ1) is 15.0. The third-order valence-electron chi connectivity index (χ3n) is 2.22. The number of hydrogen-bond acceptors (Lipinski definition) is 4. The molecule has 0 aliphatic rings. The summed E-state index contributed by atoms with van der Waals surface area (Å²) in [6.45, 7) is 1.68. The number of oxazole rings is 1. The van der Waals surface area contributed by atoms with Gasteiger partial charge in [-0.3, -0.25) is 4.79 Å². The number of carboxylic acid groups (broad SMARTS) is 1. The molecule has 1 aromatic rings. The molecule has 1 aromatic heterocycles. The zero-order valence-corrected chi connectivity index (χ0v) is 9.82. The molecule has 9 heteroatoms. The molecule has 0 aliphatic heterocycles. The highest BCUT2D eigenvalue weighted by Gasteiger charge is 2.41. The summed E-state index contributed by atoms with van der Waals surface area (Å²) in [7, 11) is 0. The van der Waals surface area contributed by atoms with Crippen LogP contribution in [0.5, 0.6) is 0 Å². The molecule has 0 aliphatic carbocycles. The molecular weight excluding hydrogens is 269 g/mol. The summed E-state index contributed by atoms with van der Waals surface area (Å²) in [6, 6.07) is -1.27. The molecule has 1 unspecified atom stereocenters. The van der Waals surface area contributed by atoms with Crippen molar-refractivity contribution in [1.82, 2.24) is 10.3 Å². The van der Waals surface area contributed by atoms with Gasteiger partial charge >= 0.3 is 12.1 Å². The lowest BCUT2D eigenvalue weighted by Crippen LogP contribution is -2.41. The Morgan fingerprint density at radius 2 is 2.16 bits per heavy atom. The van der Waals surface area contributed by atoms with E-state index in [1.165, 1.54) is 0 Å². The van der Waals surface area contributed by atoms with Crippen molar-refractivity contribution in [2.45, 2.75) is 32.0 Å². The van der Waals surface area contributed by atoms with Crippen molar-refractivity contribution in [1.29, 1.82) is 0 Å². The van der Waals surface area contributed by atoms with Gasteiger partial charge in [0.15, 0.2) is 12.1 Å². The second-order valence-corrected chi connectivity index (χ2v) is 3.68. The van der Waals surface area contributed by atoms with Gasteiger partial charge in [0.05, 0.1) is 0 Å². The van der Waals surface area contributed by atoms with Gasteiger partial charge in [0.2, 0.25) is 5.76 Å². The van der Waals surface area contributed by atoms with Crippen LogP contribution in [0.25, 0.3) is 0 Å². The van der Waals surface area contributed by atoms with Gasteiger partial charge in [-0.05, 0) is 6.42 Å². The first-order valence-electron chi connectivity index (χ1n) is 5.31. The topological polar surface area (TPSA) is 92.4 Å². The van der Waals surface area contributed by atoms with Crippen LogP contribution in [0.3, 0.4) is 0 Å². The van der Waals surface area contributed by atoms with Crippen molar-refractivity contribution in [3.63, 3.8) is 0 Å². The Balaban J connectivity index is 2.89. The molecule has 1 heterocycles. The van der Waals surface area contributed by atoms with E-state index in [-0.39, 0.29) is 6.42 Å². The summed E-state index contributed by atoms with van der Waals surface area (Å²) in [5.74, 6) is -4.11. The highest BCUT2D eigenvalue weighted by atomic mass is 19.4. The van der Waals surface area contributed by atoms with E-state index >= 15 is 0 Å². The average Bonchev–Trinajstić information content (AvgIpc) is 2.76. The zero-order chi connectivity index (χ0) is 14.6. The largest absolute Gasteiger partial charge is 0.480 e. The van der Waals surface area contributed by atoms with Crippen molar-refractivity contribution >= 4 is 11.9 Å². The number of aliphatic carboxylic acids is 1. The third-order valence-corrected chi connectivity index (χ3v) is 2.22. The number of hydrogen-bond donors (Lipinski definition) is 2. The second kappa shape index (κ2) is 5.72. The van der Waals surface area contributed by atoms with Crippen LogP contribution < -0.4 is 5.32 Å². The number of amides is 1. The molecule has 0 radical (unpaired) electrons. The van der Waals surface area contributed by atoms with Crippen molar-refractivity contribution in [2.75, 3.05) is 0 Å². The molecule has 0 spiro atoms. The maximum absolute atomic E-state index is 12.5. The highest BCUT2D eigenvalue weighted by molar-refractivity contribution is 5.95. The molecule has 0 aromatic carbocycles. The maximum Gasteiger partial charge on any atom is 0.452 e. The Morgan fingerprint density at radius 1 is 1.53 bits per heavy atom. The number of nitrogens with zero attached hydrogens (tertiary/aromatic N) is 1. The van der Waals surface area contributed by atoms with Crippen LogP contribution in [0, 0.1) is 0 Å². The summed E-state index contributed by atoms with van der Waals surface area (Å²) in [4.78, 5) is 25.5. The predicted octanol–water partition coefficient (Wildman–Crippen LogP) is 1.68. The van der Waals surface area contributed by atoms with E-state index in [1.54, 1.807) is 6.92 Å². The van der Waals surface area contributed by atoms with Crippen LogP contribution in [-0.2, 0) is 11.0 Å². The van der Waals surface area contributed by atoms with E-state index in [9.17, 15) is 22.8 Å². The Bertz CT molecular complexity index is 470. The quantitative estimate of drug-likeness (QED) is 0.856. The molecule has 106 valence electrons. The average molecular weight is 280 g/mol. The van der Waals surface area contributed by atoms with Crippen molar-refractivity contribution < 1.29 is 32.3 Å². The summed E-state index contributed by atoms with van der Waals surface area (Å²) in [6.07, 6.45) is -3.84. The van der Waals surface area contributed by atoms with Gasteiger partial charge in [-0.15, -0.1) is 0 Å². The molecule has 0 fully saturated rings. The van der Waals surface area contributed by atoms with E-state index < -0.39 is 35.5 Å². The Hall–Kier alpha value is -2.06. The lowest BCUT2D eigenvalue weighted by Gasteiger charge is -2.13. The number of carbonyl (C=O) groups excluding carboxylic acids is 1. The molecule has 19 heavy (non-hydrogen) atoms. The van der Waals surface area contributed by atoms with Crippen LogP contribution in [0.1, 0.15) is 36.0 Å². The van der Waals surface area contributed by atoms with Crippen LogP contribution >= 0.6 is 0 Å². The minimum absolute atomic E-state index is 0.0975. The van der Waals surface area contributed by atoms with E-state index in [4.69, 9.17) is 5.11 Å². The maximum atomic E-state index is 12.5. The van der Waals surface area contributed by atoms with Crippen LogP contribution in [0.2, 0.25) is 0 Å². The number of carboxylic acids is 1. The lowest BCUT2D eigenvalue weighted by molar-refractivity contribution is -0.153. The van der Waals surface area contributed by atoms with E-state index in [0.717, 1.165) is 0 Å². The highest BCUT2D eigenvalue weighted by Crippen LogP contribution is 2.31. The smallest absolute Gasteiger partial charge is 0.452 e. The Morgan fingerprint density at radius 3 is 2.63 bits per heavy atom. The number of nitrogens with one attached hydrogen (secondary N) is 1. The van der Waals surface area contributed by atoms with Gasteiger partial charge in [0, 0.05) is 0 Å². The van der Waals surface area contributed by atoms with Gasteiger partial charge in [0.25, 0.3) is 5.91 Å². The number of aromatic nitrogens is 1. The van der Waals surface area contributed by atoms with Gasteiger partial charge < -0.3 is 14.8 Å². The summed E-state index contributed by atoms with van der Waals surface area (Å²) < 4.78 is 41.5.